The number of carbonyl (C=O) groups excluding carboxylic acids is 1. The molecule has 0 heterocycles. The molecule has 0 aliphatic heterocycles. The second-order valence-corrected chi connectivity index (χ2v) is 4.80. The summed E-state index contributed by atoms with van der Waals surface area (Å²) in [6.45, 7) is 4.90. The number of rotatable bonds is 6. The summed E-state index contributed by atoms with van der Waals surface area (Å²) in [6, 6.07) is 4.63. The van der Waals surface area contributed by atoms with Crippen molar-refractivity contribution in [2.75, 3.05) is 11.9 Å². The van der Waals surface area contributed by atoms with Gasteiger partial charge in [0.15, 0.2) is 0 Å². The average molecular weight is 273 g/mol. The predicted molar refractivity (Wildman–Crippen MR) is 72.4 cm³/mol. The van der Waals surface area contributed by atoms with E-state index in [4.69, 9.17) is 11.6 Å². The van der Waals surface area contributed by atoms with Crippen LogP contribution in [0.1, 0.15) is 26.7 Å². The highest BCUT2D eigenvalue weighted by atomic mass is 35.5. The van der Waals surface area contributed by atoms with Crippen LogP contribution in [0.15, 0.2) is 18.2 Å². The van der Waals surface area contributed by atoms with E-state index in [-0.39, 0.29) is 10.9 Å². The third-order valence-corrected chi connectivity index (χ3v) is 2.64. The monoisotopic (exact) mass is 272 g/mol. The van der Waals surface area contributed by atoms with Crippen LogP contribution in [0.25, 0.3) is 0 Å². The van der Waals surface area contributed by atoms with Crippen molar-refractivity contribution in [1.29, 1.82) is 0 Å². The number of amides is 1. The van der Waals surface area contributed by atoms with E-state index >= 15 is 0 Å². The van der Waals surface area contributed by atoms with Crippen molar-refractivity contribution in [3.8, 4) is 0 Å². The second-order valence-electron chi connectivity index (χ2n) is 4.39. The first-order chi connectivity index (χ1) is 8.49. The molecule has 3 nitrogen and oxygen atoms in total. The van der Waals surface area contributed by atoms with Gasteiger partial charge in [0.2, 0.25) is 5.91 Å². The molecule has 0 atom stereocenters. The van der Waals surface area contributed by atoms with Crippen molar-refractivity contribution in [1.82, 2.24) is 5.32 Å². The fourth-order valence-corrected chi connectivity index (χ4v) is 1.55. The van der Waals surface area contributed by atoms with E-state index in [9.17, 15) is 9.18 Å². The maximum absolute atomic E-state index is 13.1. The lowest BCUT2D eigenvalue weighted by Crippen LogP contribution is -2.24. The Hall–Kier alpha value is -1.13. The summed E-state index contributed by atoms with van der Waals surface area (Å²) in [5.74, 6) is -0.654. The topological polar surface area (TPSA) is 41.1 Å². The first kappa shape index (κ1) is 14.9. The van der Waals surface area contributed by atoms with E-state index in [0.29, 0.717) is 18.2 Å². The fraction of sp³-hybridized carbons (Fsp3) is 0.462. The van der Waals surface area contributed by atoms with Crippen LogP contribution < -0.4 is 10.6 Å². The molecule has 0 aromatic heterocycles. The maximum Gasteiger partial charge on any atom is 0.224 e. The van der Waals surface area contributed by atoms with Crippen LogP contribution in [0.3, 0.4) is 0 Å². The zero-order valence-corrected chi connectivity index (χ0v) is 11.4. The molecule has 5 heteroatoms. The molecule has 0 bridgehead atoms. The molecule has 100 valence electrons. The highest BCUT2D eigenvalue weighted by Crippen LogP contribution is 2.18. The lowest BCUT2D eigenvalue weighted by molar-refractivity contribution is -0.116. The number of carbonyl (C=O) groups is 1. The molecule has 1 aromatic carbocycles. The fourth-order valence-electron chi connectivity index (χ4n) is 1.44. The van der Waals surface area contributed by atoms with Crippen LogP contribution in [-0.4, -0.2) is 18.5 Å². The smallest absolute Gasteiger partial charge is 0.224 e. The molecule has 0 aliphatic rings. The average Bonchev–Trinajstić information content (AvgIpc) is 2.29. The third-order valence-electron chi connectivity index (χ3n) is 2.34. The van der Waals surface area contributed by atoms with Gasteiger partial charge in [0.25, 0.3) is 0 Å². The maximum atomic E-state index is 13.1. The van der Waals surface area contributed by atoms with Crippen LogP contribution in [-0.2, 0) is 4.79 Å². The van der Waals surface area contributed by atoms with Crippen LogP contribution in [0, 0.1) is 5.82 Å². The molecule has 0 unspecified atom stereocenters. The summed E-state index contributed by atoms with van der Waals surface area (Å²) in [5.41, 5.74) is 0.429. The Labute approximate surface area is 112 Å². The van der Waals surface area contributed by atoms with E-state index in [0.717, 1.165) is 13.0 Å². The van der Waals surface area contributed by atoms with Crippen molar-refractivity contribution < 1.29 is 9.18 Å². The molecule has 0 spiro atoms. The molecule has 18 heavy (non-hydrogen) atoms. The van der Waals surface area contributed by atoms with Crippen LogP contribution in [0.4, 0.5) is 10.1 Å². The van der Waals surface area contributed by atoms with Gasteiger partial charge >= 0.3 is 0 Å². The summed E-state index contributed by atoms with van der Waals surface area (Å²) in [5, 5.41) is 5.91. The molecule has 1 rings (SSSR count). The molecule has 0 aliphatic carbocycles. The Morgan fingerprint density at radius 2 is 2.17 bits per heavy atom. The van der Waals surface area contributed by atoms with Gasteiger partial charge in [-0.3, -0.25) is 4.79 Å². The van der Waals surface area contributed by atoms with Crippen molar-refractivity contribution in [3.63, 3.8) is 0 Å². The van der Waals surface area contributed by atoms with Gasteiger partial charge in [-0.15, -0.1) is 0 Å². The van der Waals surface area contributed by atoms with Gasteiger partial charge in [0, 0.05) is 18.2 Å². The van der Waals surface area contributed by atoms with Gasteiger partial charge in [0.1, 0.15) is 5.82 Å². The molecular weight excluding hydrogens is 255 g/mol. The molecule has 0 saturated carbocycles. The van der Waals surface area contributed by atoms with Crippen LogP contribution in [0.5, 0.6) is 0 Å². The van der Waals surface area contributed by atoms with Crippen molar-refractivity contribution in [2.24, 2.45) is 0 Å². The second kappa shape index (κ2) is 7.34. The molecule has 0 radical (unpaired) electrons. The summed E-state index contributed by atoms with van der Waals surface area (Å²) < 4.78 is 13.1. The van der Waals surface area contributed by atoms with E-state index in [1.807, 2.05) is 0 Å². The number of halogens is 2. The minimum atomic E-state index is -0.532. The van der Waals surface area contributed by atoms with Crippen molar-refractivity contribution in [3.05, 3.63) is 29.0 Å². The molecule has 0 fully saturated rings. The molecule has 1 amide bonds. The number of anilines is 1. The normalized spacial score (nSPS) is 10.7. The van der Waals surface area contributed by atoms with Crippen LogP contribution in [0.2, 0.25) is 5.02 Å². The highest BCUT2D eigenvalue weighted by Gasteiger charge is 2.05. The summed E-state index contributed by atoms with van der Waals surface area (Å²) in [6.07, 6.45) is 1.16. The standard InChI is InChI=1S/C13H18ClFN2O/c1-9(2)16-7-3-4-13(18)17-10-5-6-11(14)12(15)8-10/h5-6,8-9,16H,3-4,7H2,1-2H3,(H,17,18). The van der Waals surface area contributed by atoms with E-state index in [1.165, 1.54) is 12.1 Å². The summed E-state index contributed by atoms with van der Waals surface area (Å²) >= 11 is 5.55. The Kier molecular flexibility index (Phi) is 6.09. The molecule has 1 aromatic rings. The van der Waals surface area contributed by atoms with Crippen LogP contribution >= 0.6 is 11.6 Å². The largest absolute Gasteiger partial charge is 0.326 e. The number of hydrogen-bond donors (Lipinski definition) is 2. The van der Waals surface area contributed by atoms with Gasteiger partial charge in [0.05, 0.1) is 5.02 Å². The zero-order chi connectivity index (χ0) is 13.5. The number of benzene rings is 1. The molecule has 0 saturated heterocycles. The number of hydrogen-bond acceptors (Lipinski definition) is 2. The van der Waals surface area contributed by atoms with E-state index in [2.05, 4.69) is 24.5 Å². The van der Waals surface area contributed by atoms with Gasteiger partial charge < -0.3 is 10.6 Å². The summed E-state index contributed by atoms with van der Waals surface area (Å²) in [4.78, 5) is 11.6. The Morgan fingerprint density at radius 3 is 2.78 bits per heavy atom. The van der Waals surface area contributed by atoms with Gasteiger partial charge in [-0.2, -0.15) is 0 Å². The van der Waals surface area contributed by atoms with E-state index in [1.54, 1.807) is 6.07 Å². The number of nitrogens with one attached hydrogen (secondary N) is 2. The Bertz CT molecular complexity index is 410. The lowest BCUT2D eigenvalue weighted by atomic mass is 10.2. The SMILES string of the molecule is CC(C)NCCCC(=O)Nc1ccc(Cl)c(F)c1. The van der Waals surface area contributed by atoms with Crippen molar-refractivity contribution in [2.45, 2.75) is 32.7 Å². The van der Waals surface area contributed by atoms with Gasteiger partial charge in [-0.25, -0.2) is 4.39 Å². The minimum absolute atomic E-state index is 0.0501. The predicted octanol–water partition coefficient (Wildman–Crippen LogP) is 3.20. The first-order valence-electron chi connectivity index (χ1n) is 5.97. The zero-order valence-electron chi connectivity index (χ0n) is 10.6. The molecule has 2 N–H and O–H groups in total. The third kappa shape index (κ3) is 5.47. The first-order valence-corrected chi connectivity index (χ1v) is 6.35. The molecular formula is C13H18ClFN2O. The van der Waals surface area contributed by atoms with Crippen molar-refractivity contribution >= 4 is 23.2 Å². The van der Waals surface area contributed by atoms with Gasteiger partial charge in [-0.1, -0.05) is 25.4 Å². The minimum Gasteiger partial charge on any atom is -0.326 e. The lowest BCUT2D eigenvalue weighted by Gasteiger charge is -2.08. The van der Waals surface area contributed by atoms with E-state index < -0.39 is 5.82 Å². The quantitative estimate of drug-likeness (QED) is 0.781. The Morgan fingerprint density at radius 1 is 1.44 bits per heavy atom. The Balaban J connectivity index is 2.33. The van der Waals surface area contributed by atoms with Gasteiger partial charge in [-0.05, 0) is 31.2 Å². The highest BCUT2D eigenvalue weighted by molar-refractivity contribution is 6.30. The summed E-state index contributed by atoms with van der Waals surface area (Å²) in [7, 11) is 0.